The number of nitrogens with zero attached hydrogens (tertiary/aromatic N) is 3. The van der Waals surface area contributed by atoms with Gasteiger partial charge in [0, 0.05) is 17.0 Å². The number of ether oxygens (including phenoxy) is 2. The van der Waals surface area contributed by atoms with Gasteiger partial charge in [0.15, 0.2) is 11.0 Å². The van der Waals surface area contributed by atoms with Crippen LogP contribution < -0.4 is 15.4 Å². The second kappa shape index (κ2) is 14.5. The third kappa shape index (κ3) is 7.31. The zero-order valence-electron chi connectivity index (χ0n) is 24.9. The Hall–Kier alpha value is -4.16. The van der Waals surface area contributed by atoms with Crippen molar-refractivity contribution in [3.8, 4) is 5.75 Å². The molecule has 12 heteroatoms. The summed E-state index contributed by atoms with van der Waals surface area (Å²) in [4.78, 5) is 40.1. The first kappa shape index (κ1) is 31.3. The number of hydrogen-bond acceptors (Lipinski definition) is 9. The highest BCUT2D eigenvalue weighted by Crippen LogP contribution is 2.40. The van der Waals surface area contributed by atoms with Crippen LogP contribution in [0.25, 0.3) is 0 Å². The van der Waals surface area contributed by atoms with E-state index in [9.17, 15) is 14.4 Å². The summed E-state index contributed by atoms with van der Waals surface area (Å²) in [5.41, 5.74) is 3.12. The number of hydrogen-bond donors (Lipinski definition) is 2. The molecule has 0 radical (unpaired) electrons. The second-order valence-corrected chi connectivity index (χ2v) is 12.6. The van der Waals surface area contributed by atoms with Crippen LogP contribution in [0.1, 0.15) is 62.8 Å². The first-order valence-corrected chi connectivity index (χ1v) is 16.2. The van der Waals surface area contributed by atoms with Crippen LogP contribution in [0.3, 0.4) is 0 Å². The second-order valence-electron chi connectivity index (χ2n) is 10.2. The highest BCUT2D eigenvalue weighted by Gasteiger charge is 2.30. The Balaban J connectivity index is 1.30. The van der Waals surface area contributed by atoms with Gasteiger partial charge < -0.3 is 24.7 Å². The first-order valence-electron chi connectivity index (χ1n) is 14.5. The zero-order valence-corrected chi connectivity index (χ0v) is 26.6. The highest BCUT2D eigenvalue weighted by molar-refractivity contribution is 8.00. The normalized spacial score (nSPS) is 12.8. The lowest BCUT2D eigenvalue weighted by molar-refractivity contribution is -0.115. The van der Waals surface area contributed by atoms with E-state index in [1.54, 1.807) is 45.2 Å². The van der Waals surface area contributed by atoms with Crippen LogP contribution in [0, 0.1) is 0 Å². The number of esters is 1. The average Bonchev–Trinajstić information content (AvgIpc) is 3.74. The van der Waals surface area contributed by atoms with Crippen molar-refractivity contribution in [2.75, 3.05) is 19.0 Å². The molecule has 2 aromatic carbocycles. The van der Waals surface area contributed by atoms with Gasteiger partial charge in [0.25, 0.3) is 5.91 Å². The van der Waals surface area contributed by atoms with Gasteiger partial charge in [0.05, 0.1) is 31.1 Å². The monoisotopic (exact) mass is 633 g/mol. The maximum Gasteiger partial charge on any atom is 0.341 e. The van der Waals surface area contributed by atoms with Gasteiger partial charge in [-0.25, -0.2) is 4.79 Å². The summed E-state index contributed by atoms with van der Waals surface area (Å²) >= 11 is 2.74. The van der Waals surface area contributed by atoms with Gasteiger partial charge in [-0.15, -0.1) is 21.5 Å². The standard InChI is InChI=1S/C32H35N5O5S2/c1-4-42-31(40)27-24-11-8-12-25(24)44-30(27)34-28(38)20(2)43-32-36-35-26(37(32)18-17-21-9-6-5-7-10-21)19-33-29(39)22-13-15-23(41-3)16-14-22/h5-7,9-10,13-16,20H,4,8,11-12,17-19H2,1-3H3,(H,33,39)(H,34,38)/t20-/m1/s1. The number of carbonyl (C=O) groups excluding carboxylic acids is 3. The Kier molecular flexibility index (Phi) is 10.3. The van der Waals surface area contributed by atoms with Crippen LogP contribution in [-0.2, 0) is 41.9 Å². The maximum absolute atomic E-state index is 13.4. The summed E-state index contributed by atoms with van der Waals surface area (Å²) in [6.07, 6.45) is 3.42. The van der Waals surface area contributed by atoms with Gasteiger partial charge in [0.2, 0.25) is 5.91 Å². The lowest BCUT2D eigenvalue weighted by Crippen LogP contribution is -2.26. The van der Waals surface area contributed by atoms with Crippen LogP contribution in [0.5, 0.6) is 5.75 Å². The Morgan fingerprint density at radius 1 is 1.07 bits per heavy atom. The van der Waals surface area contributed by atoms with E-state index in [2.05, 4.69) is 33.0 Å². The Morgan fingerprint density at radius 3 is 2.57 bits per heavy atom. The van der Waals surface area contributed by atoms with Gasteiger partial charge >= 0.3 is 5.97 Å². The molecule has 44 heavy (non-hydrogen) atoms. The van der Waals surface area contributed by atoms with Gasteiger partial charge in [-0.3, -0.25) is 9.59 Å². The number of thioether (sulfide) groups is 1. The maximum atomic E-state index is 13.4. The summed E-state index contributed by atoms with van der Waals surface area (Å²) in [6.45, 7) is 4.56. The number of aromatic nitrogens is 3. The zero-order chi connectivity index (χ0) is 31.1. The van der Waals surface area contributed by atoms with E-state index in [1.807, 2.05) is 22.8 Å². The molecule has 2 aromatic heterocycles. The van der Waals surface area contributed by atoms with E-state index in [-0.39, 0.29) is 25.0 Å². The molecule has 0 unspecified atom stereocenters. The molecule has 0 saturated carbocycles. The highest BCUT2D eigenvalue weighted by atomic mass is 32.2. The number of thiophene rings is 1. The van der Waals surface area contributed by atoms with Gasteiger partial charge in [-0.2, -0.15) is 0 Å². The van der Waals surface area contributed by atoms with Crippen molar-refractivity contribution >= 4 is 45.9 Å². The summed E-state index contributed by atoms with van der Waals surface area (Å²) in [5, 5.41) is 15.3. The minimum absolute atomic E-state index is 0.164. The number of amides is 2. The molecule has 1 atom stereocenters. The molecule has 10 nitrogen and oxygen atoms in total. The van der Waals surface area contributed by atoms with Gasteiger partial charge in [-0.1, -0.05) is 42.1 Å². The molecule has 1 aliphatic rings. The lowest BCUT2D eigenvalue weighted by Gasteiger charge is -2.14. The number of anilines is 1. The van der Waals surface area contributed by atoms with Crippen LogP contribution in [0.15, 0.2) is 59.8 Å². The molecule has 5 rings (SSSR count). The lowest BCUT2D eigenvalue weighted by atomic mass is 10.1. The molecule has 4 aromatic rings. The number of nitrogens with one attached hydrogen (secondary N) is 2. The van der Waals surface area contributed by atoms with Crippen molar-refractivity contribution in [2.45, 2.75) is 63.0 Å². The number of carbonyl (C=O) groups is 3. The van der Waals surface area contributed by atoms with Crippen molar-refractivity contribution in [1.29, 1.82) is 0 Å². The Morgan fingerprint density at radius 2 is 1.84 bits per heavy atom. The largest absolute Gasteiger partial charge is 0.497 e. The topological polar surface area (TPSA) is 124 Å². The first-order chi connectivity index (χ1) is 21.4. The molecule has 2 amide bonds. The quantitative estimate of drug-likeness (QED) is 0.150. The summed E-state index contributed by atoms with van der Waals surface area (Å²) in [6, 6.07) is 16.9. The van der Waals surface area contributed by atoms with Crippen molar-refractivity contribution in [3.63, 3.8) is 0 Å². The average molecular weight is 634 g/mol. The third-order valence-electron chi connectivity index (χ3n) is 7.31. The van der Waals surface area contributed by atoms with Crippen molar-refractivity contribution < 1.29 is 23.9 Å². The number of rotatable bonds is 13. The summed E-state index contributed by atoms with van der Waals surface area (Å²) < 4.78 is 12.4. The van der Waals surface area contributed by atoms with E-state index in [0.717, 1.165) is 41.7 Å². The molecular weight excluding hydrogens is 599 g/mol. The third-order valence-corrected chi connectivity index (χ3v) is 9.60. The SMILES string of the molecule is CCOC(=O)c1c(NC(=O)[C@@H](C)Sc2nnc(CNC(=O)c3ccc(OC)cc3)n2CCc2ccccc2)sc2c1CCC2. The fraction of sp³-hybridized carbons (Fsp3) is 0.344. The number of benzene rings is 2. The van der Waals surface area contributed by atoms with Crippen molar-refractivity contribution in [1.82, 2.24) is 20.1 Å². The number of aryl methyl sites for hydroxylation is 2. The van der Waals surface area contributed by atoms with Crippen molar-refractivity contribution in [3.05, 3.63) is 87.6 Å². The molecule has 0 saturated heterocycles. The van der Waals surface area contributed by atoms with E-state index in [1.165, 1.54) is 23.1 Å². The summed E-state index contributed by atoms with van der Waals surface area (Å²) in [5.74, 6) is 0.365. The van der Waals surface area contributed by atoms with Crippen LogP contribution in [-0.4, -0.2) is 51.5 Å². The van der Waals surface area contributed by atoms with E-state index < -0.39 is 11.2 Å². The minimum Gasteiger partial charge on any atom is -0.497 e. The number of fused-ring (bicyclic) bond motifs is 1. The molecule has 0 bridgehead atoms. The molecule has 0 aliphatic heterocycles. The van der Waals surface area contributed by atoms with Crippen LogP contribution >= 0.6 is 23.1 Å². The molecule has 0 fully saturated rings. The predicted octanol–water partition coefficient (Wildman–Crippen LogP) is 5.31. The van der Waals surface area contributed by atoms with E-state index in [0.29, 0.717) is 39.4 Å². The molecule has 2 N–H and O–H groups in total. The van der Waals surface area contributed by atoms with Gasteiger partial charge in [-0.05, 0) is 74.9 Å². The van der Waals surface area contributed by atoms with Crippen molar-refractivity contribution in [2.24, 2.45) is 0 Å². The fourth-order valence-electron chi connectivity index (χ4n) is 4.99. The smallest absolute Gasteiger partial charge is 0.341 e. The molecule has 1 aliphatic carbocycles. The molecule has 0 spiro atoms. The molecular formula is C32H35N5O5S2. The van der Waals surface area contributed by atoms with Gasteiger partial charge in [0.1, 0.15) is 10.8 Å². The Bertz CT molecular complexity index is 1620. The molecule has 2 heterocycles. The number of methoxy groups -OCH3 is 1. The minimum atomic E-state index is -0.539. The fourth-order valence-corrected chi connectivity index (χ4v) is 7.16. The predicted molar refractivity (Wildman–Crippen MR) is 171 cm³/mol. The van der Waals surface area contributed by atoms with E-state index in [4.69, 9.17) is 9.47 Å². The Labute approximate surface area is 264 Å². The summed E-state index contributed by atoms with van der Waals surface area (Å²) in [7, 11) is 1.58. The van der Waals surface area contributed by atoms with Crippen LogP contribution in [0.4, 0.5) is 5.00 Å². The molecule has 230 valence electrons. The van der Waals surface area contributed by atoms with E-state index >= 15 is 0 Å². The van der Waals surface area contributed by atoms with Crippen LogP contribution in [0.2, 0.25) is 0 Å².